The Morgan fingerprint density at radius 1 is 0.170 bits per heavy atom. The number of para-hydroxylation sites is 12. The van der Waals surface area contributed by atoms with Crippen LogP contribution in [0.5, 0.6) is 0 Å². The molecule has 30 aromatic rings. The number of rotatable bonds is 9. The van der Waals surface area contributed by atoms with Gasteiger partial charge in [0.15, 0.2) is 0 Å². The van der Waals surface area contributed by atoms with Gasteiger partial charge in [0.05, 0.1) is 169 Å². The van der Waals surface area contributed by atoms with Crippen molar-refractivity contribution in [1.82, 2.24) is 27.4 Å². The molecule has 15 nitrogen and oxygen atoms in total. The molecule has 0 saturated carbocycles. The van der Waals surface area contributed by atoms with Crippen molar-refractivity contribution in [2.75, 3.05) is 0 Å². The van der Waals surface area contributed by atoms with E-state index in [1.54, 1.807) is 36.4 Å². The number of fused-ring (bicyclic) bond motifs is 30. The first-order chi connectivity index (χ1) is 72.7. The summed E-state index contributed by atoms with van der Waals surface area (Å²) in [7, 11) is 0. The summed E-state index contributed by atoms with van der Waals surface area (Å²) >= 11 is 0. The number of hydrogen-bond donors (Lipinski definition) is 0. The van der Waals surface area contributed by atoms with Crippen LogP contribution in [0.3, 0.4) is 0 Å². The minimum absolute atomic E-state index is 0.448. The Balaban J connectivity index is 0.000000107. The third-order valence-corrected chi connectivity index (χ3v) is 29.4. The van der Waals surface area contributed by atoms with Gasteiger partial charge < -0.3 is 40.7 Å². The summed E-state index contributed by atoms with van der Waals surface area (Å²) in [5, 5.41) is 80.2. The molecule has 678 valence electrons. The molecule has 0 fully saturated rings. The molecule has 30 rings (SSSR count). The minimum Gasteiger partial charge on any atom is -0.455 e. The van der Waals surface area contributed by atoms with Crippen LogP contribution in [-0.2, 0) is 0 Å². The highest BCUT2D eigenvalue weighted by atomic mass is 16.3. The normalized spacial score (nSPS) is 11.6. The maximum atomic E-state index is 10.3. The Labute approximate surface area is 837 Å². The Morgan fingerprint density at radius 2 is 0.449 bits per heavy atom. The number of benzene rings is 21. The van der Waals surface area contributed by atoms with Crippen LogP contribution >= 0.6 is 0 Å². The molecule has 0 spiro atoms. The molecule has 0 atom stereocenters. The first-order valence-corrected chi connectivity index (χ1v) is 48.4. The molecule has 0 aliphatic heterocycles. The largest absolute Gasteiger partial charge is 0.455 e. The standard InChI is InChI=1S/3C44H24N4O/c45-25-27-10-9-11-28(26-46)42(27)35-21-20-29(24-40(35)48-36-16-5-1-12-30(36)31-13-2-6-17-37(31)48)47-38-18-7-3-15-34(38)43-39(47)23-22-33-32-14-4-8-19-41(32)49-44(33)43;45-25-27-17-19-30(28(23-27)26-46)33-20-18-29(24-41(33)48-37-13-5-1-9-31(37)32-10-2-6-14-38(32)48)47-39-15-7-3-12-36(39)43-40(47)22-21-35-34-11-4-8-16-42(34)49-44(35)43;45-25-27-21-28(26-46)23-29(22-27)31-18-17-30(24-41(31)48-37-13-5-1-9-32(37)33-10-2-6-14-38(33)48)47-39-15-7-3-12-36(39)43-40(47)20-19-35-34-11-4-8-16-42(34)49-44(35)43/h3*1-24H. The lowest BCUT2D eigenvalue weighted by Crippen LogP contribution is -2.03. The van der Waals surface area contributed by atoms with E-state index in [-0.39, 0.29) is 0 Å². The molecule has 9 aromatic heterocycles. The minimum atomic E-state index is 0.448. The van der Waals surface area contributed by atoms with Gasteiger partial charge in [0.25, 0.3) is 0 Å². The van der Waals surface area contributed by atoms with Crippen molar-refractivity contribution in [2.24, 2.45) is 0 Å². The van der Waals surface area contributed by atoms with Crippen LogP contribution in [-0.4, -0.2) is 27.4 Å². The predicted octanol–water partition coefficient (Wildman–Crippen LogP) is 33.6. The fraction of sp³-hybridized carbons (Fsp3) is 0. The number of furan rings is 3. The zero-order chi connectivity index (χ0) is 97.9. The van der Waals surface area contributed by atoms with Gasteiger partial charge in [-0.1, -0.05) is 249 Å². The highest BCUT2D eigenvalue weighted by molar-refractivity contribution is 6.28. The fourth-order valence-electron chi connectivity index (χ4n) is 23.2. The van der Waals surface area contributed by atoms with E-state index in [0.29, 0.717) is 38.9 Å². The van der Waals surface area contributed by atoms with Crippen LogP contribution in [0.1, 0.15) is 33.4 Å². The molecular weight excluding hydrogens is 1800 g/mol. The van der Waals surface area contributed by atoms with Gasteiger partial charge in [0.1, 0.15) is 33.5 Å². The van der Waals surface area contributed by atoms with Gasteiger partial charge in [-0.2, -0.15) is 31.6 Å². The summed E-state index contributed by atoms with van der Waals surface area (Å²) in [5.74, 6) is 0. The van der Waals surface area contributed by atoms with E-state index in [1.807, 2.05) is 72.8 Å². The summed E-state index contributed by atoms with van der Waals surface area (Å²) < 4.78 is 33.4. The first-order valence-electron chi connectivity index (χ1n) is 48.4. The lowest BCUT2D eigenvalue weighted by Gasteiger charge is -2.18. The van der Waals surface area contributed by atoms with Crippen molar-refractivity contribution in [1.29, 1.82) is 31.6 Å². The molecule has 15 heteroatoms. The fourth-order valence-corrected chi connectivity index (χ4v) is 23.2. The van der Waals surface area contributed by atoms with Crippen molar-refractivity contribution < 1.29 is 13.3 Å². The van der Waals surface area contributed by atoms with Crippen LogP contribution < -0.4 is 0 Å². The molecule has 0 amide bonds. The SMILES string of the molecule is N#Cc1cc(C#N)cc(-c2ccc(-n3c4ccccc4c4c5oc6ccccc6c5ccc43)cc2-n2c3ccccc3c3ccccc32)c1.N#Cc1ccc(-c2ccc(-n3c4ccccc4c4c5oc6ccccc6c5ccc43)cc2-n2c3ccccc3c3ccccc32)c(C#N)c1.N#Cc1cccc(C#N)c1-c1ccc(-n2c3ccccc3c3c4oc5ccccc5c4ccc32)cc1-n1c2ccccc2c2ccccc21. The molecule has 0 N–H and O–H groups in total. The molecule has 0 aliphatic rings. The van der Waals surface area contributed by atoms with Crippen molar-refractivity contribution >= 4 is 197 Å². The highest BCUT2D eigenvalue weighted by Gasteiger charge is 2.30. The van der Waals surface area contributed by atoms with Gasteiger partial charge in [0, 0.05) is 126 Å². The van der Waals surface area contributed by atoms with Crippen LogP contribution in [0.2, 0.25) is 0 Å². The van der Waals surface area contributed by atoms with Gasteiger partial charge in [-0.3, -0.25) is 0 Å². The van der Waals surface area contributed by atoms with E-state index < -0.39 is 0 Å². The predicted molar refractivity (Wildman–Crippen MR) is 592 cm³/mol. The average molecular weight is 1870 g/mol. The van der Waals surface area contributed by atoms with Crippen molar-refractivity contribution in [3.8, 4) is 104 Å². The number of hydrogen-bond acceptors (Lipinski definition) is 9. The van der Waals surface area contributed by atoms with E-state index in [1.165, 1.54) is 0 Å². The quantitative estimate of drug-likeness (QED) is 0.134. The molecule has 0 aliphatic carbocycles. The summed E-state index contributed by atoms with van der Waals surface area (Å²) in [6.07, 6.45) is 0. The Hall–Kier alpha value is -21.2. The zero-order valence-corrected chi connectivity index (χ0v) is 78.2. The maximum Gasteiger partial charge on any atom is 0.145 e. The topological polar surface area (TPSA) is 212 Å². The smallest absolute Gasteiger partial charge is 0.145 e. The van der Waals surface area contributed by atoms with Gasteiger partial charge in [-0.15, -0.1) is 0 Å². The number of aromatic nitrogens is 6. The van der Waals surface area contributed by atoms with Gasteiger partial charge in [0.2, 0.25) is 0 Å². The van der Waals surface area contributed by atoms with Crippen LogP contribution in [0.15, 0.2) is 450 Å². The Morgan fingerprint density at radius 3 is 0.782 bits per heavy atom. The second kappa shape index (κ2) is 33.2. The van der Waals surface area contributed by atoms with Crippen molar-refractivity contribution in [3.63, 3.8) is 0 Å². The molecule has 0 saturated heterocycles. The Kier molecular flexibility index (Phi) is 19.0. The van der Waals surface area contributed by atoms with E-state index in [4.69, 9.17) is 13.3 Å². The molecule has 147 heavy (non-hydrogen) atoms. The monoisotopic (exact) mass is 1870 g/mol. The van der Waals surface area contributed by atoms with Crippen molar-refractivity contribution in [3.05, 3.63) is 470 Å². The molecule has 0 bridgehead atoms. The summed E-state index contributed by atoms with van der Waals surface area (Å²) in [5.41, 5.74) is 31.2. The van der Waals surface area contributed by atoms with Gasteiger partial charge >= 0.3 is 0 Å². The third kappa shape index (κ3) is 12.8. The van der Waals surface area contributed by atoms with E-state index in [0.717, 1.165) is 259 Å². The maximum absolute atomic E-state index is 10.3. The summed E-state index contributed by atoms with van der Waals surface area (Å²) in [4.78, 5) is 0. The lowest BCUT2D eigenvalue weighted by atomic mass is 9.93. The second-order valence-electron chi connectivity index (χ2n) is 37.0. The third-order valence-electron chi connectivity index (χ3n) is 29.4. The molecule has 0 unspecified atom stereocenters. The van der Waals surface area contributed by atoms with E-state index in [2.05, 4.69) is 391 Å². The first kappa shape index (κ1) is 83.9. The lowest BCUT2D eigenvalue weighted by molar-refractivity contribution is 0.672. The summed E-state index contributed by atoms with van der Waals surface area (Å²) in [6.45, 7) is 0. The van der Waals surface area contributed by atoms with E-state index >= 15 is 0 Å². The number of nitriles is 6. The molecule has 21 aromatic carbocycles. The van der Waals surface area contributed by atoms with Crippen molar-refractivity contribution in [2.45, 2.75) is 0 Å². The van der Waals surface area contributed by atoms with Crippen LogP contribution in [0.25, 0.3) is 264 Å². The second-order valence-corrected chi connectivity index (χ2v) is 37.0. The van der Waals surface area contributed by atoms with Crippen LogP contribution in [0.4, 0.5) is 0 Å². The average Bonchev–Trinajstić information content (AvgIpc) is 1.56. The number of nitrogens with zero attached hydrogens (tertiary/aromatic N) is 12. The highest BCUT2D eigenvalue weighted by Crippen LogP contribution is 2.50. The van der Waals surface area contributed by atoms with Gasteiger partial charge in [-0.25, -0.2) is 0 Å². The van der Waals surface area contributed by atoms with Crippen LogP contribution in [0, 0.1) is 68.0 Å². The molecular formula is C132H72N12O3. The molecule has 9 heterocycles. The van der Waals surface area contributed by atoms with Gasteiger partial charge in [-0.05, 0) is 194 Å². The molecule has 0 radical (unpaired) electrons. The Bertz CT molecular complexity index is 11000. The zero-order valence-electron chi connectivity index (χ0n) is 78.2. The van der Waals surface area contributed by atoms with E-state index in [9.17, 15) is 31.6 Å². The summed E-state index contributed by atoms with van der Waals surface area (Å²) in [6, 6.07) is 163.